The number of nitrogens with zero attached hydrogens (tertiary/aromatic N) is 2. The van der Waals surface area contributed by atoms with Crippen LogP contribution in [-0.2, 0) is 11.3 Å². The fraction of sp³-hybridized carbons (Fsp3) is 0.600. The second kappa shape index (κ2) is 6.50. The summed E-state index contributed by atoms with van der Waals surface area (Å²) in [5, 5.41) is 3.73. The van der Waals surface area contributed by atoms with Crippen molar-refractivity contribution in [2.24, 2.45) is 11.7 Å². The molecule has 2 N–H and O–H groups in total. The molecule has 1 amide bonds. The Morgan fingerprint density at radius 1 is 1.62 bits per heavy atom. The Bertz CT molecular complexity index is 314. The number of rotatable bonds is 4. The summed E-state index contributed by atoms with van der Waals surface area (Å²) in [6.45, 7) is 4.27. The molecule has 5 nitrogen and oxygen atoms in total. The minimum atomic E-state index is -0.457. The van der Waals surface area contributed by atoms with Gasteiger partial charge in [0.15, 0.2) is 0 Å². The zero-order valence-corrected chi connectivity index (χ0v) is 10.5. The Morgan fingerprint density at radius 2 is 2.25 bits per heavy atom. The number of hydrogen-bond donors (Lipinski definition) is 1. The van der Waals surface area contributed by atoms with Gasteiger partial charge in [0.1, 0.15) is 12.0 Å². The molecule has 0 radical (unpaired) electrons. The van der Waals surface area contributed by atoms with Crippen LogP contribution in [0, 0.1) is 5.92 Å². The highest BCUT2D eigenvalue weighted by atomic mass is 35.5. The molecule has 1 aromatic rings. The van der Waals surface area contributed by atoms with Crippen LogP contribution in [0.3, 0.4) is 0 Å². The number of carbonyl (C=O) groups is 1. The average molecular weight is 248 g/mol. The second-order valence-electron chi connectivity index (χ2n) is 3.95. The highest BCUT2D eigenvalue weighted by Gasteiger charge is 2.21. The Morgan fingerprint density at radius 3 is 2.69 bits per heavy atom. The first-order valence-corrected chi connectivity index (χ1v) is 4.92. The molecule has 1 rings (SSSR count). The van der Waals surface area contributed by atoms with E-state index < -0.39 is 6.04 Å². The van der Waals surface area contributed by atoms with Crippen molar-refractivity contribution in [3.8, 4) is 0 Å². The third-order valence-corrected chi connectivity index (χ3v) is 2.27. The van der Waals surface area contributed by atoms with Gasteiger partial charge in [0.25, 0.3) is 0 Å². The van der Waals surface area contributed by atoms with Gasteiger partial charge >= 0.3 is 0 Å². The standard InChI is InChI=1S/C10H17N3O2.ClH/c1-7(2)9(11)10(14)13(3)6-8-4-5-15-12-8;/h4-5,7,9H,6,11H2,1-3H3;1H/t9-;/m0./s1. The van der Waals surface area contributed by atoms with Crippen molar-refractivity contribution < 1.29 is 9.32 Å². The molecule has 0 saturated carbocycles. The predicted octanol–water partition coefficient (Wildman–Crippen LogP) is 1.04. The van der Waals surface area contributed by atoms with E-state index in [0.29, 0.717) is 6.54 Å². The summed E-state index contributed by atoms with van der Waals surface area (Å²) in [5.74, 6) is 0.0604. The minimum Gasteiger partial charge on any atom is -0.364 e. The summed E-state index contributed by atoms with van der Waals surface area (Å²) < 4.78 is 4.68. The summed E-state index contributed by atoms with van der Waals surface area (Å²) in [7, 11) is 1.71. The molecule has 0 aromatic carbocycles. The highest BCUT2D eigenvalue weighted by molar-refractivity contribution is 5.85. The van der Waals surface area contributed by atoms with Gasteiger partial charge in [-0.15, -0.1) is 12.4 Å². The number of aromatic nitrogens is 1. The molecule has 0 unspecified atom stereocenters. The molecule has 6 heteroatoms. The van der Waals surface area contributed by atoms with E-state index in [4.69, 9.17) is 5.73 Å². The summed E-state index contributed by atoms with van der Waals surface area (Å²) >= 11 is 0. The van der Waals surface area contributed by atoms with Crippen LogP contribution >= 0.6 is 12.4 Å². The van der Waals surface area contributed by atoms with Crippen molar-refractivity contribution in [3.63, 3.8) is 0 Å². The van der Waals surface area contributed by atoms with Crippen LogP contribution < -0.4 is 5.73 Å². The minimum absolute atomic E-state index is 0. The Balaban J connectivity index is 0.00000225. The molecule has 0 aliphatic rings. The van der Waals surface area contributed by atoms with Gasteiger partial charge in [0.05, 0.1) is 12.6 Å². The number of halogens is 1. The maximum atomic E-state index is 11.8. The smallest absolute Gasteiger partial charge is 0.239 e. The van der Waals surface area contributed by atoms with Crippen LogP contribution in [-0.4, -0.2) is 29.1 Å². The SMILES string of the molecule is CC(C)[C@H](N)C(=O)N(C)Cc1ccon1.Cl. The lowest BCUT2D eigenvalue weighted by Gasteiger charge is -2.22. The number of hydrogen-bond acceptors (Lipinski definition) is 4. The van der Waals surface area contributed by atoms with Gasteiger partial charge in [-0.1, -0.05) is 19.0 Å². The molecule has 0 bridgehead atoms. The van der Waals surface area contributed by atoms with Crippen molar-refractivity contribution in [1.29, 1.82) is 0 Å². The van der Waals surface area contributed by atoms with Crippen LogP contribution in [0.2, 0.25) is 0 Å². The van der Waals surface area contributed by atoms with Gasteiger partial charge in [-0.3, -0.25) is 4.79 Å². The third kappa shape index (κ3) is 3.83. The number of amides is 1. The van der Waals surface area contributed by atoms with E-state index in [1.807, 2.05) is 13.8 Å². The predicted molar refractivity (Wildman–Crippen MR) is 63.0 cm³/mol. The quantitative estimate of drug-likeness (QED) is 0.863. The summed E-state index contributed by atoms with van der Waals surface area (Å²) in [6, 6.07) is 1.27. The van der Waals surface area contributed by atoms with E-state index in [0.717, 1.165) is 5.69 Å². The first-order valence-electron chi connectivity index (χ1n) is 4.92. The van der Waals surface area contributed by atoms with E-state index in [1.54, 1.807) is 18.0 Å². The molecule has 0 saturated heterocycles. The summed E-state index contributed by atoms with van der Waals surface area (Å²) in [4.78, 5) is 13.3. The lowest BCUT2D eigenvalue weighted by Crippen LogP contribution is -2.44. The first-order chi connectivity index (χ1) is 7.02. The molecular formula is C10H18ClN3O2. The first kappa shape index (κ1) is 14.9. The molecule has 0 fully saturated rings. The van der Waals surface area contributed by atoms with Gasteiger partial charge < -0.3 is 15.2 Å². The largest absolute Gasteiger partial charge is 0.364 e. The molecule has 1 atom stereocenters. The summed E-state index contributed by atoms with van der Waals surface area (Å²) in [5.41, 5.74) is 6.48. The Labute approximate surface area is 101 Å². The lowest BCUT2D eigenvalue weighted by molar-refractivity contribution is -0.132. The van der Waals surface area contributed by atoms with Gasteiger partial charge in [-0.2, -0.15) is 0 Å². The number of carbonyl (C=O) groups excluding carboxylic acids is 1. The van der Waals surface area contributed by atoms with Gasteiger partial charge in [-0.05, 0) is 5.92 Å². The lowest BCUT2D eigenvalue weighted by atomic mass is 10.0. The Hall–Kier alpha value is -1.07. The summed E-state index contributed by atoms with van der Waals surface area (Å²) in [6.07, 6.45) is 1.48. The Kier molecular flexibility index (Phi) is 6.06. The van der Waals surface area contributed by atoms with Crippen molar-refractivity contribution in [3.05, 3.63) is 18.0 Å². The monoisotopic (exact) mass is 247 g/mol. The van der Waals surface area contributed by atoms with Crippen molar-refractivity contribution in [2.75, 3.05) is 7.05 Å². The fourth-order valence-corrected chi connectivity index (χ4v) is 1.18. The molecule has 16 heavy (non-hydrogen) atoms. The van der Waals surface area contributed by atoms with Crippen LogP contribution in [0.4, 0.5) is 0 Å². The molecule has 0 aliphatic carbocycles. The van der Waals surface area contributed by atoms with Crippen molar-refractivity contribution in [1.82, 2.24) is 10.1 Å². The second-order valence-corrected chi connectivity index (χ2v) is 3.95. The van der Waals surface area contributed by atoms with E-state index >= 15 is 0 Å². The fourth-order valence-electron chi connectivity index (χ4n) is 1.18. The number of nitrogens with two attached hydrogens (primary N) is 1. The molecule has 1 heterocycles. The molecule has 92 valence electrons. The van der Waals surface area contributed by atoms with E-state index in [-0.39, 0.29) is 24.2 Å². The van der Waals surface area contributed by atoms with Crippen LogP contribution in [0.1, 0.15) is 19.5 Å². The topological polar surface area (TPSA) is 72.4 Å². The highest BCUT2D eigenvalue weighted by Crippen LogP contribution is 2.05. The van der Waals surface area contributed by atoms with Crippen molar-refractivity contribution >= 4 is 18.3 Å². The molecule has 0 aliphatic heterocycles. The van der Waals surface area contributed by atoms with Crippen molar-refractivity contribution in [2.45, 2.75) is 26.4 Å². The van der Waals surface area contributed by atoms with E-state index in [1.165, 1.54) is 6.26 Å². The maximum Gasteiger partial charge on any atom is 0.239 e. The van der Waals surface area contributed by atoms with E-state index in [9.17, 15) is 4.79 Å². The zero-order valence-electron chi connectivity index (χ0n) is 9.71. The normalized spacial score (nSPS) is 12.1. The maximum absolute atomic E-state index is 11.8. The molecule has 1 aromatic heterocycles. The van der Waals surface area contributed by atoms with Crippen LogP contribution in [0.25, 0.3) is 0 Å². The zero-order chi connectivity index (χ0) is 11.4. The number of likely N-dealkylation sites (N-methyl/N-ethyl adjacent to an activating group) is 1. The van der Waals surface area contributed by atoms with Gasteiger partial charge in [-0.25, -0.2) is 0 Å². The van der Waals surface area contributed by atoms with Crippen LogP contribution in [0.15, 0.2) is 16.9 Å². The van der Waals surface area contributed by atoms with Crippen LogP contribution in [0.5, 0.6) is 0 Å². The van der Waals surface area contributed by atoms with Gasteiger partial charge in [0, 0.05) is 13.1 Å². The third-order valence-electron chi connectivity index (χ3n) is 2.27. The van der Waals surface area contributed by atoms with Gasteiger partial charge in [0.2, 0.25) is 5.91 Å². The van der Waals surface area contributed by atoms with E-state index in [2.05, 4.69) is 9.68 Å². The molecule has 0 spiro atoms. The average Bonchev–Trinajstić information content (AvgIpc) is 2.67. The molecular weight excluding hydrogens is 230 g/mol.